The molecule has 2 rings (SSSR count). The molecule has 4 heteroatoms. The number of ether oxygens (including phenoxy) is 2. The minimum Gasteiger partial charge on any atom is -0.491 e. The molecule has 0 bridgehead atoms. The molecule has 1 fully saturated rings. The summed E-state index contributed by atoms with van der Waals surface area (Å²) >= 11 is 0. The summed E-state index contributed by atoms with van der Waals surface area (Å²) in [5.41, 5.74) is 2.04. The van der Waals surface area contributed by atoms with Gasteiger partial charge in [-0.3, -0.25) is 4.98 Å². The van der Waals surface area contributed by atoms with E-state index in [0.29, 0.717) is 5.92 Å². The molecule has 2 heterocycles. The van der Waals surface area contributed by atoms with Crippen molar-refractivity contribution in [3.05, 3.63) is 23.5 Å². The van der Waals surface area contributed by atoms with Gasteiger partial charge in [0.15, 0.2) is 0 Å². The van der Waals surface area contributed by atoms with Crippen LogP contribution in [0.1, 0.15) is 31.2 Å². The lowest BCUT2D eigenvalue weighted by Crippen LogP contribution is -2.22. The van der Waals surface area contributed by atoms with Crippen molar-refractivity contribution >= 4 is 0 Å². The van der Waals surface area contributed by atoms with E-state index in [1.54, 1.807) is 0 Å². The van der Waals surface area contributed by atoms with Gasteiger partial charge in [-0.15, -0.1) is 0 Å². The molecule has 1 aromatic rings. The van der Waals surface area contributed by atoms with Crippen molar-refractivity contribution in [3.8, 4) is 5.75 Å². The Balaban J connectivity index is 1.93. The molecule has 0 spiro atoms. The van der Waals surface area contributed by atoms with Gasteiger partial charge in [0.2, 0.25) is 0 Å². The fourth-order valence-corrected chi connectivity index (χ4v) is 2.22. The summed E-state index contributed by atoms with van der Waals surface area (Å²) in [5.74, 6) is 1.53. The molecule has 0 radical (unpaired) electrons. The summed E-state index contributed by atoms with van der Waals surface area (Å²) in [6.45, 7) is 8.31. The van der Waals surface area contributed by atoms with Crippen LogP contribution in [0.25, 0.3) is 0 Å². The number of hydrogen-bond acceptors (Lipinski definition) is 4. The Hall–Kier alpha value is -1.13. The molecule has 1 aliphatic rings. The predicted molar refractivity (Wildman–Crippen MR) is 75.4 cm³/mol. The average Bonchev–Trinajstić information content (AvgIpc) is 2.45. The van der Waals surface area contributed by atoms with Gasteiger partial charge in [0.1, 0.15) is 5.75 Å². The molecule has 1 N–H and O–H groups in total. The summed E-state index contributed by atoms with van der Waals surface area (Å²) in [7, 11) is 0. The third-order valence-corrected chi connectivity index (χ3v) is 3.43. The Morgan fingerprint density at radius 2 is 2.16 bits per heavy atom. The Labute approximate surface area is 115 Å². The molecule has 0 atom stereocenters. The molecule has 19 heavy (non-hydrogen) atoms. The number of nitrogens with zero attached hydrogens (tertiary/aromatic N) is 1. The lowest BCUT2D eigenvalue weighted by molar-refractivity contribution is 0.0495. The third-order valence-electron chi connectivity index (χ3n) is 3.43. The Bertz CT molecular complexity index is 390. The maximum Gasteiger partial charge on any atom is 0.142 e. The van der Waals surface area contributed by atoms with Gasteiger partial charge in [-0.2, -0.15) is 0 Å². The largest absolute Gasteiger partial charge is 0.491 e. The zero-order valence-electron chi connectivity index (χ0n) is 11.9. The van der Waals surface area contributed by atoms with E-state index in [1.807, 2.05) is 19.1 Å². The maximum atomic E-state index is 5.97. The van der Waals surface area contributed by atoms with E-state index < -0.39 is 0 Å². The van der Waals surface area contributed by atoms with Crippen molar-refractivity contribution in [1.29, 1.82) is 0 Å². The quantitative estimate of drug-likeness (QED) is 0.856. The van der Waals surface area contributed by atoms with Crippen LogP contribution in [0.4, 0.5) is 0 Å². The SMILES string of the molecule is CCNCc1nc(C)ccc1OCC1CCOCC1. The second-order valence-corrected chi connectivity index (χ2v) is 5.04. The number of aryl methyl sites for hydroxylation is 1. The van der Waals surface area contributed by atoms with Gasteiger partial charge in [0.05, 0.1) is 12.3 Å². The van der Waals surface area contributed by atoms with Gasteiger partial charge in [0.25, 0.3) is 0 Å². The monoisotopic (exact) mass is 264 g/mol. The summed E-state index contributed by atoms with van der Waals surface area (Å²) in [4.78, 5) is 4.56. The second-order valence-electron chi connectivity index (χ2n) is 5.04. The molecule has 0 unspecified atom stereocenters. The molecule has 106 valence electrons. The summed E-state index contributed by atoms with van der Waals surface area (Å²) < 4.78 is 11.3. The summed E-state index contributed by atoms with van der Waals surface area (Å²) in [6, 6.07) is 4.04. The highest BCUT2D eigenvalue weighted by Gasteiger charge is 2.15. The molecule has 0 aromatic carbocycles. The highest BCUT2D eigenvalue weighted by atomic mass is 16.5. The van der Waals surface area contributed by atoms with E-state index in [4.69, 9.17) is 9.47 Å². The summed E-state index contributed by atoms with van der Waals surface area (Å²) in [5, 5.41) is 3.31. The van der Waals surface area contributed by atoms with E-state index in [9.17, 15) is 0 Å². The number of hydrogen-bond donors (Lipinski definition) is 1. The van der Waals surface area contributed by atoms with Crippen LogP contribution < -0.4 is 10.1 Å². The van der Waals surface area contributed by atoms with Crippen molar-refractivity contribution < 1.29 is 9.47 Å². The highest BCUT2D eigenvalue weighted by molar-refractivity contribution is 5.29. The fourth-order valence-electron chi connectivity index (χ4n) is 2.22. The molecule has 0 amide bonds. The zero-order chi connectivity index (χ0) is 13.5. The number of pyridine rings is 1. The lowest BCUT2D eigenvalue weighted by Gasteiger charge is -2.22. The normalized spacial score (nSPS) is 16.5. The number of nitrogens with one attached hydrogen (secondary N) is 1. The van der Waals surface area contributed by atoms with Crippen molar-refractivity contribution in [2.45, 2.75) is 33.2 Å². The van der Waals surface area contributed by atoms with Crippen LogP contribution in [0.5, 0.6) is 5.75 Å². The van der Waals surface area contributed by atoms with Crippen LogP contribution in [-0.4, -0.2) is 31.3 Å². The van der Waals surface area contributed by atoms with E-state index in [1.165, 1.54) is 0 Å². The van der Waals surface area contributed by atoms with Crippen molar-refractivity contribution in [2.75, 3.05) is 26.4 Å². The Kier molecular flexibility index (Phi) is 5.61. The van der Waals surface area contributed by atoms with Crippen molar-refractivity contribution in [2.24, 2.45) is 5.92 Å². The molecule has 1 aliphatic heterocycles. The molecule has 1 aromatic heterocycles. The van der Waals surface area contributed by atoms with Crippen molar-refractivity contribution in [1.82, 2.24) is 10.3 Å². The minimum absolute atomic E-state index is 0.613. The van der Waals surface area contributed by atoms with Crippen molar-refractivity contribution in [3.63, 3.8) is 0 Å². The molecule has 0 aliphatic carbocycles. The topological polar surface area (TPSA) is 43.4 Å². The Morgan fingerprint density at radius 1 is 1.37 bits per heavy atom. The second kappa shape index (κ2) is 7.46. The van der Waals surface area contributed by atoms with E-state index >= 15 is 0 Å². The van der Waals surface area contributed by atoms with Crippen LogP contribution in [-0.2, 0) is 11.3 Å². The minimum atomic E-state index is 0.613. The average molecular weight is 264 g/mol. The third kappa shape index (κ3) is 4.48. The molecule has 4 nitrogen and oxygen atoms in total. The highest BCUT2D eigenvalue weighted by Crippen LogP contribution is 2.20. The van der Waals surface area contributed by atoms with E-state index in [-0.39, 0.29) is 0 Å². The van der Waals surface area contributed by atoms with Gasteiger partial charge in [-0.25, -0.2) is 0 Å². The molecular formula is C15H24N2O2. The smallest absolute Gasteiger partial charge is 0.142 e. The molecular weight excluding hydrogens is 240 g/mol. The zero-order valence-corrected chi connectivity index (χ0v) is 11.9. The molecule has 0 saturated carbocycles. The van der Waals surface area contributed by atoms with Crippen LogP contribution in [0.2, 0.25) is 0 Å². The van der Waals surface area contributed by atoms with E-state index in [0.717, 1.165) is 62.9 Å². The summed E-state index contributed by atoms with van der Waals surface area (Å²) in [6.07, 6.45) is 2.20. The van der Waals surface area contributed by atoms with Gasteiger partial charge in [-0.1, -0.05) is 6.92 Å². The van der Waals surface area contributed by atoms with Crippen LogP contribution in [0, 0.1) is 12.8 Å². The maximum absolute atomic E-state index is 5.97. The van der Waals surface area contributed by atoms with Crippen LogP contribution in [0.15, 0.2) is 12.1 Å². The van der Waals surface area contributed by atoms with Gasteiger partial charge < -0.3 is 14.8 Å². The Morgan fingerprint density at radius 3 is 2.89 bits per heavy atom. The number of rotatable bonds is 6. The van der Waals surface area contributed by atoms with Gasteiger partial charge >= 0.3 is 0 Å². The molecule has 1 saturated heterocycles. The first-order valence-corrected chi connectivity index (χ1v) is 7.17. The van der Waals surface area contributed by atoms with Gasteiger partial charge in [0, 0.05) is 25.5 Å². The first-order chi connectivity index (χ1) is 9.29. The number of aromatic nitrogens is 1. The lowest BCUT2D eigenvalue weighted by atomic mass is 10.0. The predicted octanol–water partition coefficient (Wildman–Crippen LogP) is 2.30. The first kappa shape index (κ1) is 14.3. The van der Waals surface area contributed by atoms with Crippen LogP contribution >= 0.6 is 0 Å². The van der Waals surface area contributed by atoms with Gasteiger partial charge in [-0.05, 0) is 44.4 Å². The van der Waals surface area contributed by atoms with Crippen LogP contribution in [0.3, 0.4) is 0 Å². The fraction of sp³-hybridized carbons (Fsp3) is 0.667. The van der Waals surface area contributed by atoms with E-state index in [2.05, 4.69) is 17.2 Å². The standard InChI is InChI=1S/C15H24N2O2/c1-3-16-10-14-15(5-4-12(2)17-14)19-11-13-6-8-18-9-7-13/h4-5,13,16H,3,6-11H2,1-2H3. The first-order valence-electron chi connectivity index (χ1n) is 7.17.